The van der Waals surface area contributed by atoms with E-state index >= 15 is 0 Å². The average Bonchev–Trinajstić information content (AvgIpc) is 2.54. The third-order valence-corrected chi connectivity index (χ3v) is 3.36. The van der Waals surface area contributed by atoms with E-state index < -0.39 is 0 Å². The van der Waals surface area contributed by atoms with E-state index in [1.54, 1.807) is 6.07 Å². The van der Waals surface area contributed by atoms with Gasteiger partial charge in [-0.05, 0) is 48.0 Å². The van der Waals surface area contributed by atoms with Gasteiger partial charge in [0.2, 0.25) is 0 Å². The molecule has 0 aliphatic carbocycles. The number of halogens is 2. The Balaban J connectivity index is 2.61. The molecule has 2 aromatic rings. The summed E-state index contributed by atoms with van der Waals surface area (Å²) in [5, 5.41) is 0. The summed E-state index contributed by atoms with van der Waals surface area (Å²) in [5.41, 5.74) is 7.54. The Hall–Kier alpha value is -1.36. The predicted molar refractivity (Wildman–Crippen MR) is 70.1 cm³/mol. The summed E-state index contributed by atoms with van der Waals surface area (Å²) in [7, 11) is 0. The number of hydrogen-bond donors (Lipinski definition) is 1. The molecule has 90 valence electrons. The van der Waals surface area contributed by atoms with Gasteiger partial charge in [-0.1, -0.05) is 0 Å². The molecule has 0 aliphatic heterocycles. The van der Waals surface area contributed by atoms with Crippen LogP contribution in [0.5, 0.6) is 0 Å². The Morgan fingerprint density at radius 1 is 1.47 bits per heavy atom. The summed E-state index contributed by atoms with van der Waals surface area (Å²) in [6.07, 6.45) is 0. The maximum Gasteiger partial charge on any atom is 0.131 e. The topological polar surface area (TPSA) is 43.8 Å². The number of nitrogens with zero attached hydrogens (tertiary/aromatic N) is 2. The smallest absolute Gasteiger partial charge is 0.131 e. The number of aromatic nitrogens is 2. The summed E-state index contributed by atoms with van der Waals surface area (Å²) in [4.78, 5) is 4.43. The second kappa shape index (κ2) is 4.49. The lowest BCUT2D eigenvalue weighted by atomic mass is 10.1. The fourth-order valence-corrected chi connectivity index (χ4v) is 2.40. The molecule has 1 aromatic heterocycles. The van der Waals surface area contributed by atoms with Crippen LogP contribution in [0.25, 0.3) is 11.3 Å². The summed E-state index contributed by atoms with van der Waals surface area (Å²) in [5.74, 6) is 1.18. The molecule has 0 unspecified atom stereocenters. The standard InChI is InChI=1S/C12H13BrFN3/c1-3-17-7(2)16-11(12(17)15)9-5-4-8(14)6-10(9)13/h4-6H,3,15H2,1-2H3. The lowest BCUT2D eigenvalue weighted by Gasteiger charge is -2.05. The number of nitrogen functional groups attached to an aromatic ring is 1. The van der Waals surface area contributed by atoms with Crippen LogP contribution in [0.4, 0.5) is 10.2 Å². The largest absolute Gasteiger partial charge is 0.383 e. The molecule has 0 fully saturated rings. The third-order valence-electron chi connectivity index (χ3n) is 2.70. The molecule has 0 saturated heterocycles. The van der Waals surface area contributed by atoms with Crippen molar-refractivity contribution in [2.24, 2.45) is 0 Å². The molecule has 1 aromatic carbocycles. The van der Waals surface area contributed by atoms with Crippen LogP contribution < -0.4 is 5.73 Å². The van der Waals surface area contributed by atoms with Crippen molar-refractivity contribution in [1.82, 2.24) is 9.55 Å². The average molecular weight is 298 g/mol. The highest BCUT2D eigenvalue weighted by molar-refractivity contribution is 9.10. The summed E-state index contributed by atoms with van der Waals surface area (Å²) in [6, 6.07) is 4.49. The van der Waals surface area contributed by atoms with E-state index in [1.165, 1.54) is 12.1 Å². The van der Waals surface area contributed by atoms with Crippen LogP contribution in [0.15, 0.2) is 22.7 Å². The lowest BCUT2D eigenvalue weighted by Crippen LogP contribution is -2.02. The maximum absolute atomic E-state index is 13.0. The number of nitrogens with two attached hydrogens (primary N) is 1. The van der Waals surface area contributed by atoms with E-state index in [-0.39, 0.29) is 5.82 Å². The molecule has 0 aliphatic rings. The van der Waals surface area contributed by atoms with Crippen molar-refractivity contribution in [2.75, 3.05) is 5.73 Å². The Bertz CT molecular complexity index is 563. The number of benzene rings is 1. The van der Waals surface area contributed by atoms with Gasteiger partial charge in [0.05, 0.1) is 0 Å². The fraction of sp³-hybridized carbons (Fsp3) is 0.250. The van der Waals surface area contributed by atoms with Crippen LogP contribution in [0, 0.1) is 12.7 Å². The Morgan fingerprint density at radius 3 is 2.71 bits per heavy atom. The lowest BCUT2D eigenvalue weighted by molar-refractivity contribution is 0.627. The molecule has 1 heterocycles. The maximum atomic E-state index is 13.0. The highest BCUT2D eigenvalue weighted by Crippen LogP contribution is 2.32. The normalized spacial score (nSPS) is 10.8. The number of rotatable bonds is 2. The van der Waals surface area contributed by atoms with Gasteiger partial charge < -0.3 is 10.3 Å². The quantitative estimate of drug-likeness (QED) is 0.924. The first-order valence-corrected chi connectivity index (χ1v) is 6.12. The Morgan fingerprint density at radius 2 is 2.18 bits per heavy atom. The van der Waals surface area contributed by atoms with Gasteiger partial charge in [-0.2, -0.15) is 0 Å². The second-order valence-electron chi connectivity index (χ2n) is 3.76. The minimum atomic E-state index is -0.286. The van der Waals surface area contributed by atoms with E-state index in [4.69, 9.17) is 5.73 Å². The molecule has 0 spiro atoms. The molecule has 0 amide bonds. The van der Waals surface area contributed by atoms with Crippen LogP contribution in [-0.2, 0) is 6.54 Å². The molecule has 17 heavy (non-hydrogen) atoms. The highest BCUT2D eigenvalue weighted by atomic mass is 79.9. The van der Waals surface area contributed by atoms with Gasteiger partial charge in [0, 0.05) is 16.6 Å². The summed E-state index contributed by atoms with van der Waals surface area (Å²) < 4.78 is 15.6. The minimum Gasteiger partial charge on any atom is -0.383 e. The van der Waals surface area contributed by atoms with E-state index in [9.17, 15) is 4.39 Å². The van der Waals surface area contributed by atoms with E-state index in [0.717, 1.165) is 17.9 Å². The first-order chi connectivity index (χ1) is 8.04. The van der Waals surface area contributed by atoms with Gasteiger partial charge in [-0.3, -0.25) is 0 Å². The molecular formula is C12H13BrFN3. The zero-order valence-electron chi connectivity index (χ0n) is 9.67. The van der Waals surface area contributed by atoms with Crippen LogP contribution in [-0.4, -0.2) is 9.55 Å². The Kier molecular flexibility index (Phi) is 3.19. The molecule has 0 atom stereocenters. The van der Waals surface area contributed by atoms with Gasteiger partial charge in [0.15, 0.2) is 0 Å². The van der Waals surface area contributed by atoms with Gasteiger partial charge >= 0.3 is 0 Å². The monoisotopic (exact) mass is 297 g/mol. The van der Waals surface area contributed by atoms with E-state index in [1.807, 2.05) is 18.4 Å². The van der Waals surface area contributed by atoms with Crippen LogP contribution in [0.1, 0.15) is 12.7 Å². The van der Waals surface area contributed by atoms with Crippen molar-refractivity contribution in [2.45, 2.75) is 20.4 Å². The molecule has 0 radical (unpaired) electrons. The third kappa shape index (κ3) is 2.07. The van der Waals surface area contributed by atoms with E-state index in [0.29, 0.717) is 16.0 Å². The van der Waals surface area contributed by atoms with Crippen molar-refractivity contribution in [1.29, 1.82) is 0 Å². The predicted octanol–water partition coefficient (Wildman–Crippen LogP) is 3.36. The molecule has 2 rings (SSSR count). The molecule has 0 bridgehead atoms. The molecule has 2 N–H and O–H groups in total. The zero-order chi connectivity index (χ0) is 12.6. The van der Waals surface area contributed by atoms with Crippen LogP contribution in [0.2, 0.25) is 0 Å². The fourth-order valence-electron chi connectivity index (χ4n) is 1.86. The number of aryl methyl sites for hydroxylation is 1. The summed E-state index contributed by atoms with van der Waals surface area (Å²) >= 11 is 3.33. The number of hydrogen-bond acceptors (Lipinski definition) is 2. The highest BCUT2D eigenvalue weighted by Gasteiger charge is 2.15. The van der Waals surface area contributed by atoms with Crippen molar-refractivity contribution in [3.63, 3.8) is 0 Å². The van der Waals surface area contributed by atoms with Gasteiger partial charge in [0.25, 0.3) is 0 Å². The first kappa shape index (κ1) is 12.1. The molecule has 0 saturated carbocycles. The van der Waals surface area contributed by atoms with Gasteiger partial charge in [0.1, 0.15) is 23.2 Å². The minimum absolute atomic E-state index is 0.286. The Labute approximate surface area is 108 Å². The molecular weight excluding hydrogens is 285 g/mol. The van der Waals surface area contributed by atoms with Crippen molar-refractivity contribution < 1.29 is 4.39 Å². The van der Waals surface area contributed by atoms with E-state index in [2.05, 4.69) is 20.9 Å². The SMILES string of the molecule is CCn1c(C)nc(-c2ccc(F)cc2Br)c1N. The zero-order valence-corrected chi connectivity index (χ0v) is 11.3. The first-order valence-electron chi connectivity index (χ1n) is 5.32. The van der Waals surface area contributed by atoms with Crippen LogP contribution >= 0.6 is 15.9 Å². The van der Waals surface area contributed by atoms with Crippen molar-refractivity contribution in [3.05, 3.63) is 34.3 Å². The van der Waals surface area contributed by atoms with Crippen LogP contribution in [0.3, 0.4) is 0 Å². The van der Waals surface area contributed by atoms with Gasteiger partial charge in [-0.15, -0.1) is 0 Å². The molecule has 3 nitrogen and oxygen atoms in total. The number of imidazole rings is 1. The van der Waals surface area contributed by atoms with Crippen molar-refractivity contribution >= 4 is 21.7 Å². The van der Waals surface area contributed by atoms with Gasteiger partial charge in [-0.25, -0.2) is 9.37 Å². The molecule has 5 heteroatoms. The second-order valence-corrected chi connectivity index (χ2v) is 4.62. The van der Waals surface area contributed by atoms with Crippen molar-refractivity contribution in [3.8, 4) is 11.3 Å². The number of anilines is 1. The summed E-state index contributed by atoms with van der Waals surface area (Å²) in [6.45, 7) is 4.68.